The fourth-order valence-electron chi connectivity index (χ4n) is 4.65. The third-order valence-corrected chi connectivity index (χ3v) is 6.26. The number of halogens is 2. The summed E-state index contributed by atoms with van der Waals surface area (Å²) >= 11 is 0. The highest BCUT2D eigenvalue weighted by molar-refractivity contribution is 5.96. The maximum absolute atomic E-state index is 14.2. The molecule has 2 fully saturated rings. The summed E-state index contributed by atoms with van der Waals surface area (Å²) in [6.45, 7) is 8.56. The molecule has 0 unspecified atom stereocenters. The lowest BCUT2D eigenvalue weighted by Crippen LogP contribution is -2.41. The highest BCUT2D eigenvalue weighted by Crippen LogP contribution is 2.25. The molecule has 1 aromatic carbocycles. The Bertz CT molecular complexity index is 896. The molecule has 29 heavy (non-hydrogen) atoms. The third-order valence-electron chi connectivity index (χ3n) is 6.26. The number of rotatable bonds is 4. The van der Waals surface area contributed by atoms with Gasteiger partial charge in [-0.15, -0.1) is 0 Å². The van der Waals surface area contributed by atoms with Crippen LogP contribution in [0.3, 0.4) is 0 Å². The molecule has 5 nitrogen and oxygen atoms in total. The van der Waals surface area contributed by atoms with Gasteiger partial charge in [0, 0.05) is 25.7 Å². The van der Waals surface area contributed by atoms with Crippen LogP contribution in [0, 0.1) is 31.4 Å². The maximum atomic E-state index is 14.2. The van der Waals surface area contributed by atoms with E-state index in [9.17, 15) is 13.6 Å². The predicted molar refractivity (Wildman–Crippen MR) is 107 cm³/mol. The number of likely N-dealkylation sites (tertiary alicyclic amines) is 2. The van der Waals surface area contributed by atoms with E-state index in [-0.39, 0.29) is 11.6 Å². The molecule has 7 heteroatoms. The average Bonchev–Trinajstić information content (AvgIpc) is 3.30. The number of aryl methyl sites for hydroxylation is 1. The standard InChI is InChI=1S/C22H28F2N4O/c1-15-21(16(2)28(25-15)20-6-5-18(23)13-19(20)24)22(29)27-11-7-17(8-12-27)14-26-9-3-4-10-26/h5-6,13,17H,3-4,7-12,14H2,1-2H3. The second kappa shape index (κ2) is 8.22. The molecule has 2 aromatic rings. The highest BCUT2D eigenvalue weighted by atomic mass is 19.1. The van der Waals surface area contributed by atoms with Crippen molar-refractivity contribution in [2.45, 2.75) is 39.5 Å². The third kappa shape index (κ3) is 4.06. The van der Waals surface area contributed by atoms with E-state index in [0.717, 1.165) is 38.5 Å². The summed E-state index contributed by atoms with van der Waals surface area (Å²) in [5.74, 6) is -0.734. The van der Waals surface area contributed by atoms with Crippen LogP contribution in [0.2, 0.25) is 0 Å². The molecule has 156 valence electrons. The molecule has 2 aliphatic rings. The molecule has 0 atom stereocenters. The molecule has 0 spiro atoms. The fraction of sp³-hybridized carbons (Fsp3) is 0.545. The summed E-state index contributed by atoms with van der Waals surface area (Å²) in [5.41, 5.74) is 1.81. The normalized spacial score (nSPS) is 18.6. The first kappa shape index (κ1) is 20.0. The van der Waals surface area contributed by atoms with Crippen molar-refractivity contribution in [3.8, 4) is 5.69 Å². The van der Waals surface area contributed by atoms with E-state index in [1.165, 1.54) is 42.7 Å². The van der Waals surface area contributed by atoms with Crippen LogP contribution in [0.15, 0.2) is 18.2 Å². The SMILES string of the molecule is Cc1nn(-c2ccc(F)cc2F)c(C)c1C(=O)N1CCC(CN2CCCC2)CC1. The number of piperidine rings is 1. The number of carbonyl (C=O) groups excluding carboxylic acids is 1. The summed E-state index contributed by atoms with van der Waals surface area (Å²) in [6.07, 6.45) is 4.63. The molecule has 2 saturated heterocycles. The van der Waals surface area contributed by atoms with Gasteiger partial charge in [-0.05, 0) is 70.7 Å². The van der Waals surface area contributed by atoms with Gasteiger partial charge < -0.3 is 9.80 Å². The second-order valence-electron chi connectivity index (χ2n) is 8.30. The van der Waals surface area contributed by atoms with Crippen molar-refractivity contribution >= 4 is 5.91 Å². The Kier molecular flexibility index (Phi) is 5.67. The summed E-state index contributed by atoms with van der Waals surface area (Å²) in [4.78, 5) is 17.6. The number of aromatic nitrogens is 2. The largest absolute Gasteiger partial charge is 0.339 e. The summed E-state index contributed by atoms with van der Waals surface area (Å²) in [5, 5.41) is 4.37. The highest BCUT2D eigenvalue weighted by Gasteiger charge is 2.29. The summed E-state index contributed by atoms with van der Waals surface area (Å²) in [7, 11) is 0. The topological polar surface area (TPSA) is 41.4 Å². The van der Waals surface area contributed by atoms with Gasteiger partial charge in [0.2, 0.25) is 0 Å². The quantitative estimate of drug-likeness (QED) is 0.783. The van der Waals surface area contributed by atoms with Gasteiger partial charge in [-0.3, -0.25) is 4.79 Å². The molecular weight excluding hydrogens is 374 g/mol. The predicted octanol–water partition coefficient (Wildman–Crippen LogP) is 3.72. The Hall–Kier alpha value is -2.28. The van der Waals surface area contributed by atoms with Crippen LogP contribution in [0.1, 0.15) is 47.4 Å². The summed E-state index contributed by atoms with van der Waals surface area (Å²) in [6, 6.07) is 3.38. The molecule has 0 radical (unpaired) electrons. The van der Waals surface area contributed by atoms with Crippen LogP contribution in [0.5, 0.6) is 0 Å². The van der Waals surface area contributed by atoms with Crippen molar-refractivity contribution in [3.63, 3.8) is 0 Å². The summed E-state index contributed by atoms with van der Waals surface area (Å²) < 4.78 is 28.9. The molecule has 2 aliphatic heterocycles. The molecule has 1 amide bonds. The van der Waals surface area contributed by atoms with Crippen molar-refractivity contribution in [3.05, 3.63) is 46.8 Å². The lowest BCUT2D eigenvalue weighted by Gasteiger charge is -2.34. The molecule has 3 heterocycles. The number of nitrogens with zero attached hydrogens (tertiary/aromatic N) is 4. The van der Waals surface area contributed by atoms with Crippen LogP contribution in [0.4, 0.5) is 8.78 Å². The first-order chi connectivity index (χ1) is 13.9. The lowest BCUT2D eigenvalue weighted by molar-refractivity contribution is 0.0671. The number of amides is 1. The lowest BCUT2D eigenvalue weighted by atomic mass is 9.95. The van der Waals surface area contributed by atoms with E-state index in [2.05, 4.69) is 10.00 Å². The van der Waals surface area contributed by atoms with Gasteiger partial charge in [-0.25, -0.2) is 13.5 Å². The minimum atomic E-state index is -0.697. The Balaban J connectivity index is 1.47. The number of benzene rings is 1. The van der Waals surface area contributed by atoms with Gasteiger partial charge in [0.1, 0.15) is 11.5 Å². The van der Waals surface area contributed by atoms with Gasteiger partial charge in [0.05, 0.1) is 17.0 Å². The van der Waals surface area contributed by atoms with E-state index < -0.39 is 11.6 Å². The molecule has 0 aliphatic carbocycles. The molecule has 0 N–H and O–H groups in total. The van der Waals surface area contributed by atoms with Crippen LogP contribution in [-0.4, -0.2) is 58.2 Å². The molecule has 0 saturated carbocycles. The van der Waals surface area contributed by atoms with Crippen LogP contribution in [0.25, 0.3) is 5.69 Å². The minimum Gasteiger partial charge on any atom is -0.339 e. The van der Waals surface area contributed by atoms with E-state index in [1.54, 1.807) is 13.8 Å². The van der Waals surface area contributed by atoms with E-state index in [0.29, 0.717) is 22.9 Å². The Labute approximate surface area is 170 Å². The van der Waals surface area contributed by atoms with Crippen LogP contribution >= 0.6 is 0 Å². The second-order valence-corrected chi connectivity index (χ2v) is 8.30. The smallest absolute Gasteiger partial charge is 0.257 e. The van der Waals surface area contributed by atoms with Crippen LogP contribution < -0.4 is 0 Å². The molecular formula is C22H28F2N4O. The molecule has 4 rings (SSSR count). The minimum absolute atomic E-state index is 0.0478. The first-order valence-corrected chi connectivity index (χ1v) is 10.5. The fourth-order valence-corrected chi connectivity index (χ4v) is 4.65. The van der Waals surface area contributed by atoms with Gasteiger partial charge in [-0.2, -0.15) is 5.10 Å². The number of hydrogen-bond donors (Lipinski definition) is 0. The monoisotopic (exact) mass is 402 g/mol. The van der Waals surface area contributed by atoms with Crippen molar-refractivity contribution in [1.29, 1.82) is 0 Å². The van der Waals surface area contributed by atoms with Crippen molar-refractivity contribution in [2.24, 2.45) is 5.92 Å². The Morgan fingerprint density at radius 2 is 1.79 bits per heavy atom. The van der Waals surface area contributed by atoms with Crippen molar-refractivity contribution in [1.82, 2.24) is 19.6 Å². The van der Waals surface area contributed by atoms with E-state index >= 15 is 0 Å². The van der Waals surface area contributed by atoms with Gasteiger partial charge in [0.15, 0.2) is 5.82 Å². The zero-order chi connectivity index (χ0) is 20.5. The van der Waals surface area contributed by atoms with Crippen molar-refractivity contribution < 1.29 is 13.6 Å². The molecule has 1 aromatic heterocycles. The zero-order valence-corrected chi connectivity index (χ0v) is 17.1. The van der Waals surface area contributed by atoms with Gasteiger partial charge in [-0.1, -0.05) is 0 Å². The van der Waals surface area contributed by atoms with Crippen molar-refractivity contribution in [2.75, 3.05) is 32.7 Å². The van der Waals surface area contributed by atoms with Gasteiger partial charge in [0.25, 0.3) is 5.91 Å². The average molecular weight is 402 g/mol. The number of carbonyl (C=O) groups is 1. The zero-order valence-electron chi connectivity index (χ0n) is 17.1. The van der Waals surface area contributed by atoms with Crippen LogP contribution in [-0.2, 0) is 0 Å². The van der Waals surface area contributed by atoms with Gasteiger partial charge >= 0.3 is 0 Å². The number of hydrogen-bond acceptors (Lipinski definition) is 3. The van der Waals surface area contributed by atoms with E-state index in [1.807, 2.05) is 4.90 Å². The molecule has 0 bridgehead atoms. The maximum Gasteiger partial charge on any atom is 0.257 e. The van der Waals surface area contributed by atoms with E-state index in [4.69, 9.17) is 0 Å². The Morgan fingerprint density at radius 1 is 1.10 bits per heavy atom. The Morgan fingerprint density at radius 3 is 2.45 bits per heavy atom. The first-order valence-electron chi connectivity index (χ1n) is 10.5.